The molecule has 0 unspecified atom stereocenters. The first-order valence-corrected chi connectivity index (χ1v) is 3.65. The van der Waals surface area contributed by atoms with E-state index < -0.39 is 0 Å². The summed E-state index contributed by atoms with van der Waals surface area (Å²) < 4.78 is 0. The van der Waals surface area contributed by atoms with E-state index in [1.54, 1.807) is 6.92 Å². The largest absolute Gasteiger partial charge is 0.395 e. The number of aliphatic hydroxyl groups is 1. The van der Waals surface area contributed by atoms with Crippen LogP contribution in [0, 0.1) is 6.92 Å². The second-order valence-corrected chi connectivity index (χ2v) is 2.39. The van der Waals surface area contributed by atoms with E-state index in [1.165, 1.54) is 6.07 Å². The first-order valence-electron chi connectivity index (χ1n) is 3.65. The fourth-order valence-corrected chi connectivity index (χ4v) is 0.837. The van der Waals surface area contributed by atoms with Crippen LogP contribution in [0.5, 0.6) is 0 Å². The van der Waals surface area contributed by atoms with E-state index in [-0.39, 0.29) is 12.2 Å². The van der Waals surface area contributed by atoms with Crippen molar-refractivity contribution < 1.29 is 5.11 Å². The molecular formula is C7H11N3O2. The zero-order chi connectivity index (χ0) is 8.97. The Kier molecular flexibility index (Phi) is 2.82. The van der Waals surface area contributed by atoms with E-state index >= 15 is 0 Å². The minimum atomic E-state index is -0.192. The van der Waals surface area contributed by atoms with E-state index in [0.29, 0.717) is 18.2 Å². The number of nitrogens with one attached hydrogen (secondary N) is 2. The van der Waals surface area contributed by atoms with E-state index in [2.05, 4.69) is 15.3 Å². The zero-order valence-electron chi connectivity index (χ0n) is 6.79. The number of aryl methyl sites for hydroxylation is 1. The topological polar surface area (TPSA) is 78.0 Å². The number of anilines is 1. The minimum absolute atomic E-state index is 0.0116. The van der Waals surface area contributed by atoms with Crippen LogP contribution in [-0.4, -0.2) is 28.2 Å². The summed E-state index contributed by atoms with van der Waals surface area (Å²) in [6.45, 7) is 2.13. The lowest BCUT2D eigenvalue weighted by atomic mass is 10.4. The van der Waals surface area contributed by atoms with Crippen molar-refractivity contribution in [1.29, 1.82) is 0 Å². The molecule has 0 radical (unpaired) electrons. The maximum atomic E-state index is 10.9. The van der Waals surface area contributed by atoms with Crippen molar-refractivity contribution in [2.24, 2.45) is 0 Å². The number of hydrogen-bond acceptors (Lipinski definition) is 4. The van der Waals surface area contributed by atoms with E-state index in [9.17, 15) is 4.79 Å². The van der Waals surface area contributed by atoms with Gasteiger partial charge in [0.2, 0.25) is 5.95 Å². The molecule has 1 aromatic heterocycles. The first-order chi connectivity index (χ1) is 5.72. The average Bonchev–Trinajstić information content (AvgIpc) is 1.99. The summed E-state index contributed by atoms with van der Waals surface area (Å²) in [6.07, 6.45) is 0. The average molecular weight is 169 g/mol. The summed E-state index contributed by atoms with van der Waals surface area (Å²) in [5.74, 6) is 0.397. The Morgan fingerprint density at radius 1 is 1.75 bits per heavy atom. The Morgan fingerprint density at radius 2 is 2.50 bits per heavy atom. The predicted octanol–water partition coefficient (Wildman–Crippen LogP) is -0.517. The van der Waals surface area contributed by atoms with Gasteiger partial charge in [0.05, 0.1) is 6.61 Å². The lowest BCUT2D eigenvalue weighted by Crippen LogP contribution is -2.15. The SMILES string of the molecule is Cc1cc(=O)[nH]c(NCCO)n1. The maximum Gasteiger partial charge on any atom is 0.252 e. The van der Waals surface area contributed by atoms with Crippen LogP contribution in [0.25, 0.3) is 0 Å². The highest BCUT2D eigenvalue weighted by molar-refractivity contribution is 5.24. The van der Waals surface area contributed by atoms with E-state index in [0.717, 1.165) is 0 Å². The fraction of sp³-hybridized carbons (Fsp3) is 0.429. The van der Waals surface area contributed by atoms with Crippen molar-refractivity contribution in [3.63, 3.8) is 0 Å². The quantitative estimate of drug-likeness (QED) is 0.569. The third-order valence-corrected chi connectivity index (χ3v) is 1.27. The molecular weight excluding hydrogens is 158 g/mol. The van der Waals surface area contributed by atoms with Crippen LogP contribution >= 0.6 is 0 Å². The molecule has 0 fully saturated rings. The highest BCUT2D eigenvalue weighted by Crippen LogP contribution is 1.93. The van der Waals surface area contributed by atoms with Gasteiger partial charge < -0.3 is 10.4 Å². The molecule has 0 aromatic carbocycles. The standard InChI is InChI=1S/C7H11N3O2/c1-5-4-6(12)10-7(9-5)8-2-3-11/h4,11H,2-3H2,1H3,(H2,8,9,10,12). The number of nitrogens with zero attached hydrogens (tertiary/aromatic N) is 1. The molecule has 1 heterocycles. The maximum absolute atomic E-state index is 10.9. The van der Waals surface area contributed by atoms with Crippen LogP contribution in [0.15, 0.2) is 10.9 Å². The van der Waals surface area contributed by atoms with Gasteiger partial charge in [-0.05, 0) is 6.92 Å². The van der Waals surface area contributed by atoms with E-state index in [4.69, 9.17) is 5.11 Å². The van der Waals surface area contributed by atoms with Gasteiger partial charge in [0.15, 0.2) is 0 Å². The van der Waals surface area contributed by atoms with Gasteiger partial charge in [-0.2, -0.15) is 0 Å². The summed E-state index contributed by atoms with van der Waals surface area (Å²) >= 11 is 0. The summed E-state index contributed by atoms with van der Waals surface area (Å²) in [6, 6.07) is 1.41. The number of hydrogen-bond donors (Lipinski definition) is 3. The Hall–Kier alpha value is -1.36. The molecule has 5 nitrogen and oxygen atoms in total. The van der Waals surface area contributed by atoms with Crippen LogP contribution in [-0.2, 0) is 0 Å². The predicted molar refractivity (Wildman–Crippen MR) is 45.2 cm³/mol. The van der Waals surface area contributed by atoms with Crippen molar-refractivity contribution in [2.75, 3.05) is 18.5 Å². The first kappa shape index (κ1) is 8.73. The lowest BCUT2D eigenvalue weighted by molar-refractivity contribution is 0.310. The van der Waals surface area contributed by atoms with Crippen molar-refractivity contribution >= 4 is 5.95 Å². The second kappa shape index (κ2) is 3.87. The molecule has 66 valence electrons. The monoisotopic (exact) mass is 169 g/mol. The molecule has 0 bridgehead atoms. The molecule has 0 aliphatic carbocycles. The van der Waals surface area contributed by atoms with Crippen molar-refractivity contribution in [3.8, 4) is 0 Å². The number of rotatable bonds is 3. The van der Waals surface area contributed by atoms with Crippen LogP contribution in [0.1, 0.15) is 5.69 Å². The van der Waals surface area contributed by atoms with Crippen LogP contribution in [0.3, 0.4) is 0 Å². The molecule has 0 aliphatic heterocycles. The Bertz CT molecular complexity index is 308. The van der Waals surface area contributed by atoms with Gasteiger partial charge in [0.1, 0.15) is 0 Å². The molecule has 5 heteroatoms. The molecule has 0 saturated carbocycles. The van der Waals surface area contributed by atoms with Gasteiger partial charge in [-0.25, -0.2) is 4.98 Å². The summed E-state index contributed by atoms with van der Waals surface area (Å²) in [7, 11) is 0. The Morgan fingerprint density at radius 3 is 3.08 bits per heavy atom. The van der Waals surface area contributed by atoms with E-state index in [1.807, 2.05) is 0 Å². The number of aromatic nitrogens is 2. The summed E-state index contributed by atoms with van der Waals surface area (Å²) in [5.41, 5.74) is 0.460. The van der Waals surface area contributed by atoms with Gasteiger partial charge >= 0.3 is 0 Å². The van der Waals surface area contributed by atoms with Crippen LogP contribution in [0.4, 0.5) is 5.95 Å². The van der Waals surface area contributed by atoms with Gasteiger partial charge in [-0.3, -0.25) is 9.78 Å². The number of aromatic amines is 1. The molecule has 1 aromatic rings. The van der Waals surface area contributed by atoms with Gasteiger partial charge in [-0.1, -0.05) is 0 Å². The molecule has 0 amide bonds. The Labute approximate surface area is 69.5 Å². The molecule has 12 heavy (non-hydrogen) atoms. The highest BCUT2D eigenvalue weighted by atomic mass is 16.3. The second-order valence-electron chi connectivity index (χ2n) is 2.39. The van der Waals surface area contributed by atoms with Crippen molar-refractivity contribution in [2.45, 2.75) is 6.92 Å². The van der Waals surface area contributed by atoms with Crippen LogP contribution in [0.2, 0.25) is 0 Å². The van der Waals surface area contributed by atoms with Crippen LogP contribution < -0.4 is 10.9 Å². The smallest absolute Gasteiger partial charge is 0.252 e. The zero-order valence-corrected chi connectivity index (χ0v) is 6.79. The molecule has 0 saturated heterocycles. The summed E-state index contributed by atoms with van der Waals surface area (Å²) in [4.78, 5) is 17.4. The van der Waals surface area contributed by atoms with Gasteiger partial charge in [0.25, 0.3) is 5.56 Å². The normalized spacial score (nSPS) is 9.83. The van der Waals surface area contributed by atoms with Gasteiger partial charge in [-0.15, -0.1) is 0 Å². The fourth-order valence-electron chi connectivity index (χ4n) is 0.837. The molecule has 0 atom stereocenters. The number of aliphatic hydroxyl groups excluding tert-OH is 1. The third kappa shape index (κ3) is 2.35. The van der Waals surface area contributed by atoms with Gasteiger partial charge in [0, 0.05) is 18.3 Å². The minimum Gasteiger partial charge on any atom is -0.395 e. The van der Waals surface area contributed by atoms with Crippen molar-refractivity contribution in [3.05, 3.63) is 22.1 Å². The molecule has 3 N–H and O–H groups in total. The Balaban J connectivity index is 2.79. The number of H-pyrrole nitrogens is 1. The molecule has 1 rings (SSSR count). The lowest BCUT2D eigenvalue weighted by Gasteiger charge is -2.02. The molecule has 0 spiro atoms. The highest BCUT2D eigenvalue weighted by Gasteiger charge is 1.94. The van der Waals surface area contributed by atoms with Crippen molar-refractivity contribution in [1.82, 2.24) is 9.97 Å². The molecule has 0 aliphatic rings. The third-order valence-electron chi connectivity index (χ3n) is 1.27. The summed E-state index contributed by atoms with van der Waals surface area (Å²) in [5, 5.41) is 11.2.